The second kappa shape index (κ2) is 8.07. The van der Waals surface area contributed by atoms with Gasteiger partial charge in [-0.15, -0.1) is 11.3 Å². The number of nitrogens with zero attached hydrogens (tertiary/aromatic N) is 1. The van der Waals surface area contributed by atoms with Crippen molar-refractivity contribution in [1.29, 1.82) is 0 Å². The van der Waals surface area contributed by atoms with E-state index >= 15 is 0 Å². The Bertz CT molecular complexity index is 1150. The Morgan fingerprint density at radius 2 is 1.90 bits per heavy atom. The number of hydrogen-bond acceptors (Lipinski definition) is 5. The fourth-order valence-corrected chi connectivity index (χ4v) is 5.05. The quantitative estimate of drug-likeness (QED) is 0.546. The number of sulfonamides is 1. The number of pyridine rings is 1. The number of nitrogens with one attached hydrogen (secondary N) is 1. The summed E-state index contributed by atoms with van der Waals surface area (Å²) in [5.41, 5.74) is 3.40. The Labute approximate surface area is 180 Å². The van der Waals surface area contributed by atoms with E-state index in [0.717, 1.165) is 38.4 Å². The van der Waals surface area contributed by atoms with Crippen LogP contribution in [0.1, 0.15) is 24.4 Å². The van der Waals surface area contributed by atoms with Crippen LogP contribution in [0, 0.1) is 6.92 Å². The minimum atomic E-state index is -3.36. The molecule has 1 aromatic carbocycles. The van der Waals surface area contributed by atoms with Gasteiger partial charge in [0.25, 0.3) is 0 Å². The molecule has 0 spiro atoms. The number of halogens is 1. The molecule has 3 aromatic rings. The minimum absolute atomic E-state index is 0.431. The highest BCUT2D eigenvalue weighted by atomic mass is 35.5. The first-order valence-corrected chi connectivity index (χ1v) is 12.1. The highest BCUT2D eigenvalue weighted by molar-refractivity contribution is 7.92. The first-order valence-electron chi connectivity index (χ1n) is 8.97. The fraction of sp³-hybridized carbons (Fsp3) is 0.286. The van der Waals surface area contributed by atoms with E-state index in [1.165, 1.54) is 0 Å². The van der Waals surface area contributed by atoms with Gasteiger partial charge in [-0.25, -0.2) is 8.42 Å². The number of aromatic nitrogens is 1. The minimum Gasteiger partial charge on any atom is -0.390 e. The van der Waals surface area contributed by atoms with E-state index in [0.29, 0.717) is 17.1 Å². The Morgan fingerprint density at radius 1 is 1.17 bits per heavy atom. The summed E-state index contributed by atoms with van der Waals surface area (Å²) in [5.74, 6) is 0. The predicted octanol–water partition coefficient (Wildman–Crippen LogP) is 5.12. The zero-order valence-electron chi connectivity index (χ0n) is 16.7. The second-order valence-corrected chi connectivity index (χ2v) is 11.1. The van der Waals surface area contributed by atoms with Crippen LogP contribution < -0.4 is 4.72 Å². The molecule has 0 atom stereocenters. The summed E-state index contributed by atoms with van der Waals surface area (Å²) >= 11 is 8.05. The van der Waals surface area contributed by atoms with Gasteiger partial charge >= 0.3 is 0 Å². The summed E-state index contributed by atoms with van der Waals surface area (Å²) in [7, 11) is -3.36. The standard InChI is InChI=1S/C21H23ClN2O3S2/c1-13-18(14-7-8-23-16(9-14)12-21(2,3)25)11-20(28-13)17-6-5-15(10-19(17)22)24-29(4,26)27/h5-11,24-25H,12H2,1-4H3. The number of benzene rings is 1. The molecule has 8 heteroatoms. The van der Waals surface area contributed by atoms with Gasteiger partial charge in [0.1, 0.15) is 0 Å². The number of anilines is 1. The van der Waals surface area contributed by atoms with Crippen LogP contribution in [-0.2, 0) is 16.4 Å². The Hall–Kier alpha value is -1.93. The van der Waals surface area contributed by atoms with Gasteiger partial charge in [0.15, 0.2) is 0 Å². The molecule has 0 unspecified atom stereocenters. The van der Waals surface area contributed by atoms with Gasteiger partial charge in [-0.2, -0.15) is 0 Å². The molecule has 2 aromatic heterocycles. The molecule has 0 fully saturated rings. The maximum absolute atomic E-state index is 11.4. The van der Waals surface area contributed by atoms with Gasteiger partial charge in [0.05, 0.1) is 16.9 Å². The number of aliphatic hydroxyl groups is 1. The first kappa shape index (κ1) is 21.8. The Morgan fingerprint density at radius 3 is 2.52 bits per heavy atom. The second-order valence-electron chi connectivity index (χ2n) is 7.67. The molecule has 2 heterocycles. The van der Waals surface area contributed by atoms with Crippen molar-refractivity contribution < 1.29 is 13.5 Å². The van der Waals surface area contributed by atoms with Crippen LogP contribution >= 0.6 is 22.9 Å². The van der Waals surface area contributed by atoms with E-state index < -0.39 is 15.6 Å². The van der Waals surface area contributed by atoms with Crippen LogP contribution in [-0.4, -0.2) is 30.4 Å². The van der Waals surface area contributed by atoms with Gasteiger partial charge < -0.3 is 5.11 Å². The number of rotatable bonds is 6. The van der Waals surface area contributed by atoms with Gasteiger partial charge in [-0.3, -0.25) is 9.71 Å². The lowest BCUT2D eigenvalue weighted by atomic mass is 9.99. The lowest BCUT2D eigenvalue weighted by Crippen LogP contribution is -2.22. The Balaban J connectivity index is 1.94. The highest BCUT2D eigenvalue weighted by Crippen LogP contribution is 2.40. The van der Waals surface area contributed by atoms with Crippen molar-refractivity contribution in [2.45, 2.75) is 32.8 Å². The zero-order valence-corrected chi connectivity index (χ0v) is 19.0. The van der Waals surface area contributed by atoms with Crippen LogP contribution in [0.15, 0.2) is 42.6 Å². The molecular weight excluding hydrogens is 428 g/mol. The van der Waals surface area contributed by atoms with Crippen molar-refractivity contribution in [3.63, 3.8) is 0 Å². The predicted molar refractivity (Wildman–Crippen MR) is 121 cm³/mol. The molecular formula is C21H23ClN2O3S2. The third-order valence-electron chi connectivity index (χ3n) is 4.20. The van der Waals surface area contributed by atoms with Crippen molar-refractivity contribution in [3.8, 4) is 21.6 Å². The van der Waals surface area contributed by atoms with E-state index in [-0.39, 0.29) is 0 Å². The zero-order chi connectivity index (χ0) is 21.4. The third-order valence-corrected chi connectivity index (χ3v) is 6.20. The van der Waals surface area contributed by atoms with Crippen LogP contribution in [0.25, 0.3) is 21.6 Å². The van der Waals surface area contributed by atoms with E-state index in [9.17, 15) is 13.5 Å². The van der Waals surface area contributed by atoms with Crippen molar-refractivity contribution >= 4 is 38.6 Å². The maximum Gasteiger partial charge on any atom is 0.229 e. The molecule has 0 amide bonds. The van der Waals surface area contributed by atoms with Crippen molar-refractivity contribution in [2.75, 3.05) is 11.0 Å². The van der Waals surface area contributed by atoms with Crippen LogP contribution in [0.3, 0.4) is 0 Å². The van der Waals surface area contributed by atoms with Gasteiger partial charge in [-0.1, -0.05) is 11.6 Å². The summed E-state index contributed by atoms with van der Waals surface area (Å²) in [6.07, 6.45) is 3.33. The van der Waals surface area contributed by atoms with Gasteiger partial charge in [0, 0.05) is 39.3 Å². The molecule has 3 rings (SSSR count). The third kappa shape index (κ3) is 5.79. The summed E-state index contributed by atoms with van der Waals surface area (Å²) < 4.78 is 25.3. The molecule has 0 aliphatic rings. The van der Waals surface area contributed by atoms with Crippen LogP contribution in [0.4, 0.5) is 5.69 Å². The SMILES string of the molecule is Cc1sc(-c2ccc(NS(C)(=O)=O)cc2Cl)cc1-c1ccnc(CC(C)(C)O)c1. The van der Waals surface area contributed by atoms with Crippen molar-refractivity contribution in [2.24, 2.45) is 0 Å². The van der Waals surface area contributed by atoms with E-state index in [1.807, 2.05) is 25.1 Å². The topological polar surface area (TPSA) is 79.3 Å². The molecule has 0 saturated heterocycles. The molecule has 29 heavy (non-hydrogen) atoms. The molecule has 154 valence electrons. The Kier molecular flexibility index (Phi) is 6.06. The fourth-order valence-electron chi connectivity index (χ4n) is 3.08. The smallest absolute Gasteiger partial charge is 0.229 e. The van der Waals surface area contributed by atoms with E-state index in [4.69, 9.17) is 11.6 Å². The largest absolute Gasteiger partial charge is 0.390 e. The summed E-state index contributed by atoms with van der Waals surface area (Å²) in [6, 6.07) is 11.2. The van der Waals surface area contributed by atoms with Crippen molar-refractivity contribution in [1.82, 2.24) is 4.98 Å². The summed E-state index contributed by atoms with van der Waals surface area (Å²) in [4.78, 5) is 6.49. The monoisotopic (exact) mass is 450 g/mol. The van der Waals surface area contributed by atoms with Gasteiger partial charge in [0.2, 0.25) is 10.0 Å². The molecule has 0 aliphatic heterocycles. The van der Waals surface area contributed by atoms with Crippen LogP contribution in [0.2, 0.25) is 5.02 Å². The lowest BCUT2D eigenvalue weighted by Gasteiger charge is -2.16. The molecule has 0 saturated carbocycles. The average Bonchev–Trinajstić information content (AvgIpc) is 2.93. The lowest BCUT2D eigenvalue weighted by molar-refractivity contribution is 0.0800. The van der Waals surface area contributed by atoms with Gasteiger partial charge in [-0.05, 0) is 68.3 Å². The van der Waals surface area contributed by atoms with Crippen molar-refractivity contribution in [3.05, 3.63) is 58.2 Å². The highest BCUT2D eigenvalue weighted by Gasteiger charge is 2.17. The first-order chi connectivity index (χ1) is 13.4. The molecule has 5 nitrogen and oxygen atoms in total. The normalized spacial score (nSPS) is 12.2. The number of aryl methyl sites for hydroxylation is 1. The number of thiophene rings is 1. The van der Waals surface area contributed by atoms with E-state index in [2.05, 4.69) is 15.8 Å². The summed E-state index contributed by atoms with van der Waals surface area (Å²) in [5, 5.41) is 10.5. The maximum atomic E-state index is 11.4. The molecule has 2 N–H and O–H groups in total. The summed E-state index contributed by atoms with van der Waals surface area (Å²) in [6.45, 7) is 5.58. The average molecular weight is 451 g/mol. The van der Waals surface area contributed by atoms with Crippen LogP contribution in [0.5, 0.6) is 0 Å². The van der Waals surface area contributed by atoms with E-state index in [1.54, 1.807) is 43.5 Å². The molecule has 0 radical (unpaired) electrons. The molecule has 0 aliphatic carbocycles. The number of hydrogen-bond donors (Lipinski definition) is 2. The molecule has 0 bridgehead atoms.